The predicted octanol–water partition coefficient (Wildman–Crippen LogP) is 3.69. The largest absolute Gasteiger partial charge is 0.493 e. The summed E-state index contributed by atoms with van der Waals surface area (Å²) < 4.78 is 16.0. The second-order valence-electron chi connectivity index (χ2n) is 5.30. The molecule has 24 heavy (non-hydrogen) atoms. The van der Waals surface area contributed by atoms with Crippen LogP contribution in [0.2, 0.25) is 0 Å². The molecule has 2 rings (SSSR count). The number of carbonyl (C=O) groups is 1. The smallest absolute Gasteiger partial charge is 0.258 e. The van der Waals surface area contributed by atoms with Crippen LogP contribution in [-0.2, 0) is 0 Å². The summed E-state index contributed by atoms with van der Waals surface area (Å²) in [7, 11) is 4.60. The summed E-state index contributed by atoms with van der Waals surface area (Å²) in [5, 5.41) is 0. The Labute approximate surface area is 142 Å². The highest BCUT2D eigenvalue weighted by Gasteiger charge is 2.21. The lowest BCUT2D eigenvalue weighted by Gasteiger charge is -2.22. The number of methoxy groups -OCH3 is 3. The average Bonchev–Trinajstić information content (AvgIpc) is 2.60. The molecule has 0 atom stereocenters. The molecule has 0 fully saturated rings. The van der Waals surface area contributed by atoms with Gasteiger partial charge in [-0.15, -0.1) is 0 Å². The highest BCUT2D eigenvalue weighted by atomic mass is 16.5. The average molecular weight is 329 g/mol. The van der Waals surface area contributed by atoms with Crippen molar-refractivity contribution in [3.05, 3.63) is 47.5 Å². The van der Waals surface area contributed by atoms with Gasteiger partial charge in [-0.2, -0.15) is 0 Å². The van der Waals surface area contributed by atoms with Crippen LogP contribution in [0.3, 0.4) is 0 Å². The number of rotatable bonds is 6. The van der Waals surface area contributed by atoms with Gasteiger partial charge < -0.3 is 19.1 Å². The molecule has 5 heteroatoms. The lowest BCUT2D eigenvalue weighted by atomic mass is 10.1. The molecule has 2 aromatic carbocycles. The van der Waals surface area contributed by atoms with Gasteiger partial charge in [-0.1, -0.05) is 12.1 Å². The van der Waals surface area contributed by atoms with E-state index < -0.39 is 0 Å². The number of ether oxygens (including phenoxy) is 3. The van der Waals surface area contributed by atoms with Crippen LogP contribution < -0.4 is 19.1 Å². The van der Waals surface area contributed by atoms with Gasteiger partial charge >= 0.3 is 0 Å². The molecule has 0 aliphatic rings. The lowest BCUT2D eigenvalue weighted by Crippen LogP contribution is -2.30. The Hall–Kier alpha value is -2.69. The molecule has 0 saturated heterocycles. The van der Waals surface area contributed by atoms with Crippen LogP contribution in [0.4, 0.5) is 5.69 Å². The zero-order valence-electron chi connectivity index (χ0n) is 14.8. The molecule has 0 heterocycles. The highest BCUT2D eigenvalue weighted by Crippen LogP contribution is 2.38. The number of hydrogen-bond acceptors (Lipinski definition) is 4. The van der Waals surface area contributed by atoms with Crippen molar-refractivity contribution in [3.63, 3.8) is 0 Å². The maximum Gasteiger partial charge on any atom is 0.258 e. The number of amides is 1. The SMILES string of the molecule is CCN(C(=O)c1cc(OC)c(OC)c(OC)c1)c1cccc(C)c1. The monoisotopic (exact) mass is 329 g/mol. The van der Waals surface area contributed by atoms with Gasteiger partial charge in [0.25, 0.3) is 5.91 Å². The maximum atomic E-state index is 13.0. The van der Waals surface area contributed by atoms with Gasteiger partial charge in [0.2, 0.25) is 5.75 Å². The predicted molar refractivity (Wildman–Crippen MR) is 94.6 cm³/mol. The third kappa shape index (κ3) is 3.45. The maximum absolute atomic E-state index is 13.0. The first-order valence-corrected chi connectivity index (χ1v) is 7.74. The molecule has 2 aromatic rings. The molecule has 0 bridgehead atoms. The molecule has 0 N–H and O–H groups in total. The molecule has 0 unspecified atom stereocenters. The topological polar surface area (TPSA) is 48.0 Å². The molecule has 0 aromatic heterocycles. The minimum Gasteiger partial charge on any atom is -0.493 e. The molecule has 0 radical (unpaired) electrons. The van der Waals surface area contributed by atoms with E-state index in [4.69, 9.17) is 14.2 Å². The lowest BCUT2D eigenvalue weighted by molar-refractivity contribution is 0.0987. The van der Waals surface area contributed by atoms with Crippen molar-refractivity contribution in [3.8, 4) is 17.2 Å². The molecule has 128 valence electrons. The minimum atomic E-state index is -0.123. The Balaban J connectivity index is 2.47. The number of carbonyl (C=O) groups excluding carboxylic acids is 1. The van der Waals surface area contributed by atoms with Gasteiger partial charge in [0.1, 0.15) is 0 Å². The molecule has 0 aliphatic heterocycles. The standard InChI is InChI=1S/C19H23NO4/c1-6-20(15-9-7-8-13(2)10-15)19(21)14-11-16(22-3)18(24-5)17(12-14)23-4/h7-12H,6H2,1-5H3. The summed E-state index contributed by atoms with van der Waals surface area (Å²) in [4.78, 5) is 14.7. The van der Waals surface area contributed by atoms with Crippen LogP contribution in [0, 0.1) is 6.92 Å². The van der Waals surface area contributed by atoms with Crippen LogP contribution in [0.5, 0.6) is 17.2 Å². The third-order valence-corrected chi connectivity index (χ3v) is 3.79. The zero-order valence-corrected chi connectivity index (χ0v) is 14.8. The second-order valence-corrected chi connectivity index (χ2v) is 5.30. The fraction of sp³-hybridized carbons (Fsp3) is 0.316. The van der Waals surface area contributed by atoms with Gasteiger partial charge in [-0.25, -0.2) is 0 Å². The zero-order chi connectivity index (χ0) is 17.7. The Morgan fingerprint density at radius 2 is 1.62 bits per heavy atom. The van der Waals surface area contributed by atoms with E-state index in [0.717, 1.165) is 11.3 Å². The van der Waals surface area contributed by atoms with Crippen LogP contribution in [0.25, 0.3) is 0 Å². The molecular weight excluding hydrogens is 306 g/mol. The second kappa shape index (κ2) is 7.73. The van der Waals surface area contributed by atoms with Gasteiger partial charge in [0.15, 0.2) is 11.5 Å². The molecule has 0 aliphatic carbocycles. The highest BCUT2D eigenvalue weighted by molar-refractivity contribution is 6.06. The molecule has 1 amide bonds. The first kappa shape index (κ1) is 17.7. The number of hydrogen-bond donors (Lipinski definition) is 0. The summed E-state index contributed by atoms with van der Waals surface area (Å²) in [6, 6.07) is 11.2. The summed E-state index contributed by atoms with van der Waals surface area (Å²) in [6.07, 6.45) is 0. The first-order chi connectivity index (χ1) is 11.5. The molecule has 5 nitrogen and oxygen atoms in total. The minimum absolute atomic E-state index is 0.123. The van der Waals surface area contributed by atoms with E-state index >= 15 is 0 Å². The van der Waals surface area contributed by atoms with Crippen molar-refractivity contribution in [1.82, 2.24) is 0 Å². The van der Waals surface area contributed by atoms with E-state index in [9.17, 15) is 4.79 Å². The van der Waals surface area contributed by atoms with Gasteiger partial charge in [0, 0.05) is 17.8 Å². The fourth-order valence-corrected chi connectivity index (χ4v) is 2.60. The van der Waals surface area contributed by atoms with Crippen molar-refractivity contribution in [1.29, 1.82) is 0 Å². The molecule has 0 saturated carbocycles. The van der Waals surface area contributed by atoms with Gasteiger partial charge in [-0.3, -0.25) is 4.79 Å². The Bertz CT molecular complexity index is 702. The Kier molecular flexibility index (Phi) is 5.68. The van der Waals surface area contributed by atoms with E-state index in [1.165, 1.54) is 21.3 Å². The van der Waals surface area contributed by atoms with Crippen molar-refractivity contribution in [2.75, 3.05) is 32.8 Å². The van der Waals surface area contributed by atoms with Crippen molar-refractivity contribution in [2.24, 2.45) is 0 Å². The van der Waals surface area contributed by atoms with Gasteiger partial charge in [0.05, 0.1) is 21.3 Å². The fourth-order valence-electron chi connectivity index (χ4n) is 2.60. The first-order valence-electron chi connectivity index (χ1n) is 7.74. The summed E-state index contributed by atoms with van der Waals surface area (Å²) in [5.74, 6) is 1.26. The van der Waals surface area contributed by atoms with E-state index in [1.807, 2.05) is 38.1 Å². The molecular formula is C19H23NO4. The Morgan fingerprint density at radius 3 is 2.08 bits per heavy atom. The number of anilines is 1. The number of benzene rings is 2. The summed E-state index contributed by atoms with van der Waals surface area (Å²) >= 11 is 0. The van der Waals surface area contributed by atoms with Crippen LogP contribution >= 0.6 is 0 Å². The van der Waals surface area contributed by atoms with E-state index in [2.05, 4.69) is 0 Å². The van der Waals surface area contributed by atoms with Crippen LogP contribution in [0.15, 0.2) is 36.4 Å². The van der Waals surface area contributed by atoms with E-state index in [0.29, 0.717) is 29.4 Å². The van der Waals surface area contributed by atoms with Crippen molar-refractivity contribution < 1.29 is 19.0 Å². The normalized spacial score (nSPS) is 10.2. The van der Waals surface area contributed by atoms with Crippen molar-refractivity contribution >= 4 is 11.6 Å². The van der Waals surface area contributed by atoms with Crippen molar-refractivity contribution in [2.45, 2.75) is 13.8 Å². The van der Waals surface area contributed by atoms with E-state index in [-0.39, 0.29) is 5.91 Å². The van der Waals surface area contributed by atoms with Crippen LogP contribution in [0.1, 0.15) is 22.8 Å². The van der Waals surface area contributed by atoms with Crippen LogP contribution in [-0.4, -0.2) is 33.8 Å². The molecule has 0 spiro atoms. The quantitative estimate of drug-likeness (QED) is 0.811. The summed E-state index contributed by atoms with van der Waals surface area (Å²) in [6.45, 7) is 4.50. The number of aryl methyl sites for hydroxylation is 1. The third-order valence-electron chi connectivity index (χ3n) is 3.79. The Morgan fingerprint density at radius 1 is 1.00 bits per heavy atom. The van der Waals surface area contributed by atoms with Gasteiger partial charge in [-0.05, 0) is 43.7 Å². The summed E-state index contributed by atoms with van der Waals surface area (Å²) in [5.41, 5.74) is 2.44. The van der Waals surface area contributed by atoms with E-state index in [1.54, 1.807) is 17.0 Å². The number of nitrogens with zero attached hydrogens (tertiary/aromatic N) is 1.